The van der Waals surface area contributed by atoms with Crippen molar-refractivity contribution in [3.05, 3.63) is 35.6 Å². The summed E-state index contributed by atoms with van der Waals surface area (Å²) in [4.78, 5) is 4.64. The normalized spacial score (nSPS) is 30.6. The Bertz CT molecular complexity index is 475. The number of aliphatic hydroxyl groups excluding tert-OH is 1. The van der Waals surface area contributed by atoms with E-state index in [1.165, 1.54) is 6.07 Å². The first-order valence-electron chi connectivity index (χ1n) is 6.46. The van der Waals surface area contributed by atoms with Crippen LogP contribution in [0.5, 0.6) is 0 Å². The minimum Gasteiger partial charge on any atom is -0.393 e. The summed E-state index contributed by atoms with van der Waals surface area (Å²) in [5, 5.41) is 13.0. The number of fused-ring (bicyclic) bond motifs is 1. The average Bonchev–Trinajstić information content (AvgIpc) is 2.70. The fourth-order valence-corrected chi connectivity index (χ4v) is 2.83. The van der Waals surface area contributed by atoms with Gasteiger partial charge in [-0.1, -0.05) is 12.1 Å². The van der Waals surface area contributed by atoms with Crippen LogP contribution in [-0.2, 0) is 6.42 Å². The third-order valence-corrected chi connectivity index (χ3v) is 3.72. The van der Waals surface area contributed by atoms with Crippen molar-refractivity contribution in [3.8, 4) is 0 Å². The lowest BCUT2D eigenvalue weighted by Gasteiger charge is -2.27. The van der Waals surface area contributed by atoms with Gasteiger partial charge in [-0.25, -0.2) is 4.39 Å². The summed E-state index contributed by atoms with van der Waals surface area (Å²) < 4.78 is 13.1. The third kappa shape index (κ3) is 2.38. The SMILES string of the molecule is OC1CCC2N=C(Cc3cccc(F)c3)NC2C1. The van der Waals surface area contributed by atoms with Gasteiger partial charge in [-0.05, 0) is 37.0 Å². The van der Waals surface area contributed by atoms with Crippen molar-refractivity contribution in [2.75, 3.05) is 0 Å². The van der Waals surface area contributed by atoms with Gasteiger partial charge in [0, 0.05) is 6.42 Å². The molecule has 3 nitrogen and oxygen atoms in total. The standard InChI is InChI=1S/C14H17FN2O/c15-10-3-1-2-9(6-10)7-14-16-12-5-4-11(18)8-13(12)17-14/h1-3,6,11-13,18H,4-5,7-8H2,(H,16,17). The first-order valence-corrected chi connectivity index (χ1v) is 6.46. The Morgan fingerprint density at radius 2 is 2.28 bits per heavy atom. The van der Waals surface area contributed by atoms with E-state index in [-0.39, 0.29) is 24.0 Å². The number of benzene rings is 1. The molecule has 0 spiro atoms. The highest BCUT2D eigenvalue weighted by Crippen LogP contribution is 2.25. The van der Waals surface area contributed by atoms with Gasteiger partial charge in [0.05, 0.1) is 18.2 Å². The van der Waals surface area contributed by atoms with Gasteiger partial charge in [0.2, 0.25) is 0 Å². The number of aliphatic hydroxyl groups is 1. The lowest BCUT2D eigenvalue weighted by Crippen LogP contribution is -2.41. The molecule has 0 amide bonds. The number of halogens is 1. The quantitative estimate of drug-likeness (QED) is 0.836. The van der Waals surface area contributed by atoms with E-state index in [2.05, 4.69) is 10.3 Å². The molecule has 1 heterocycles. The van der Waals surface area contributed by atoms with Gasteiger partial charge >= 0.3 is 0 Å². The molecule has 18 heavy (non-hydrogen) atoms. The highest BCUT2D eigenvalue weighted by atomic mass is 19.1. The van der Waals surface area contributed by atoms with Gasteiger partial charge in [0.1, 0.15) is 11.7 Å². The van der Waals surface area contributed by atoms with Crippen molar-refractivity contribution in [2.45, 2.75) is 43.9 Å². The molecule has 96 valence electrons. The van der Waals surface area contributed by atoms with Crippen molar-refractivity contribution in [1.29, 1.82) is 0 Å². The van der Waals surface area contributed by atoms with Crippen molar-refractivity contribution in [3.63, 3.8) is 0 Å². The average molecular weight is 248 g/mol. The largest absolute Gasteiger partial charge is 0.393 e. The Kier molecular flexibility index (Phi) is 3.04. The van der Waals surface area contributed by atoms with Crippen LogP contribution in [0.4, 0.5) is 4.39 Å². The van der Waals surface area contributed by atoms with Crippen LogP contribution < -0.4 is 5.32 Å². The second-order valence-corrected chi connectivity index (χ2v) is 5.17. The van der Waals surface area contributed by atoms with Crippen molar-refractivity contribution in [2.24, 2.45) is 4.99 Å². The van der Waals surface area contributed by atoms with Gasteiger partial charge < -0.3 is 10.4 Å². The van der Waals surface area contributed by atoms with Gasteiger partial charge in [-0.3, -0.25) is 4.99 Å². The molecule has 0 bridgehead atoms. The fraction of sp³-hybridized carbons (Fsp3) is 0.500. The first-order chi connectivity index (χ1) is 8.70. The summed E-state index contributed by atoms with van der Waals surface area (Å²) in [6.45, 7) is 0. The third-order valence-electron chi connectivity index (χ3n) is 3.72. The molecule has 1 fully saturated rings. The molecule has 1 saturated carbocycles. The molecule has 1 aromatic carbocycles. The lowest BCUT2D eigenvalue weighted by atomic mass is 9.90. The Labute approximate surface area is 106 Å². The predicted molar refractivity (Wildman–Crippen MR) is 68.1 cm³/mol. The Balaban J connectivity index is 1.68. The Morgan fingerprint density at radius 3 is 3.11 bits per heavy atom. The second-order valence-electron chi connectivity index (χ2n) is 5.17. The van der Waals surface area contributed by atoms with Crippen LogP contribution in [0, 0.1) is 5.82 Å². The number of nitrogens with one attached hydrogen (secondary N) is 1. The molecule has 1 aromatic rings. The van der Waals surface area contributed by atoms with Crippen LogP contribution in [0.25, 0.3) is 0 Å². The van der Waals surface area contributed by atoms with Crippen molar-refractivity contribution >= 4 is 5.84 Å². The maximum atomic E-state index is 13.1. The molecule has 3 atom stereocenters. The maximum absolute atomic E-state index is 13.1. The van der Waals surface area contributed by atoms with Crippen LogP contribution >= 0.6 is 0 Å². The fourth-order valence-electron chi connectivity index (χ4n) is 2.83. The number of aliphatic imine (C=N–C) groups is 1. The molecule has 3 rings (SSSR count). The molecule has 1 aliphatic heterocycles. The van der Waals surface area contributed by atoms with E-state index in [0.29, 0.717) is 6.42 Å². The predicted octanol–water partition coefficient (Wildman–Crippen LogP) is 1.65. The van der Waals surface area contributed by atoms with Crippen LogP contribution in [-0.4, -0.2) is 29.1 Å². The topological polar surface area (TPSA) is 44.6 Å². The number of hydrogen-bond acceptors (Lipinski definition) is 3. The van der Waals surface area contributed by atoms with Gasteiger partial charge in [0.25, 0.3) is 0 Å². The van der Waals surface area contributed by atoms with Crippen LogP contribution in [0.15, 0.2) is 29.3 Å². The summed E-state index contributed by atoms with van der Waals surface area (Å²) in [7, 11) is 0. The monoisotopic (exact) mass is 248 g/mol. The van der Waals surface area contributed by atoms with Gasteiger partial charge in [-0.2, -0.15) is 0 Å². The van der Waals surface area contributed by atoms with E-state index >= 15 is 0 Å². The molecule has 2 aliphatic rings. The first kappa shape index (κ1) is 11.7. The Morgan fingerprint density at radius 1 is 1.39 bits per heavy atom. The van der Waals surface area contributed by atoms with E-state index in [4.69, 9.17) is 0 Å². The molecular weight excluding hydrogens is 231 g/mol. The zero-order valence-corrected chi connectivity index (χ0v) is 10.1. The minimum atomic E-state index is -0.209. The molecule has 1 aliphatic carbocycles. The smallest absolute Gasteiger partial charge is 0.123 e. The van der Waals surface area contributed by atoms with Crippen molar-refractivity contribution < 1.29 is 9.50 Å². The minimum absolute atomic E-state index is 0.206. The molecular formula is C14H17FN2O. The highest BCUT2D eigenvalue weighted by molar-refractivity contribution is 5.86. The van der Waals surface area contributed by atoms with E-state index in [1.807, 2.05) is 6.07 Å². The van der Waals surface area contributed by atoms with E-state index < -0.39 is 0 Å². The Hall–Kier alpha value is -1.42. The molecule has 2 N–H and O–H groups in total. The van der Waals surface area contributed by atoms with Gasteiger partial charge in [-0.15, -0.1) is 0 Å². The number of amidine groups is 1. The van der Waals surface area contributed by atoms with Crippen LogP contribution in [0.3, 0.4) is 0 Å². The summed E-state index contributed by atoms with van der Waals surface area (Å²) in [6.07, 6.45) is 2.97. The lowest BCUT2D eigenvalue weighted by molar-refractivity contribution is 0.112. The van der Waals surface area contributed by atoms with Crippen molar-refractivity contribution in [1.82, 2.24) is 5.32 Å². The van der Waals surface area contributed by atoms with Crippen LogP contribution in [0.2, 0.25) is 0 Å². The molecule has 4 heteroatoms. The van der Waals surface area contributed by atoms with E-state index in [1.54, 1.807) is 12.1 Å². The number of hydrogen-bond donors (Lipinski definition) is 2. The number of nitrogens with zero attached hydrogens (tertiary/aromatic N) is 1. The van der Waals surface area contributed by atoms with Gasteiger partial charge in [0.15, 0.2) is 0 Å². The zero-order chi connectivity index (χ0) is 12.5. The second kappa shape index (κ2) is 4.69. The molecule has 0 saturated heterocycles. The zero-order valence-electron chi connectivity index (χ0n) is 10.1. The summed E-state index contributed by atoms with van der Waals surface area (Å²) >= 11 is 0. The summed E-state index contributed by atoms with van der Waals surface area (Å²) in [6, 6.07) is 7.17. The van der Waals surface area contributed by atoms with E-state index in [0.717, 1.165) is 30.7 Å². The maximum Gasteiger partial charge on any atom is 0.123 e. The van der Waals surface area contributed by atoms with Crippen LogP contribution in [0.1, 0.15) is 24.8 Å². The van der Waals surface area contributed by atoms with E-state index in [9.17, 15) is 9.50 Å². The molecule has 0 aromatic heterocycles. The summed E-state index contributed by atoms with van der Waals surface area (Å²) in [5.41, 5.74) is 0.931. The highest BCUT2D eigenvalue weighted by Gasteiger charge is 2.34. The number of rotatable bonds is 2. The molecule has 0 radical (unpaired) electrons. The molecule has 3 unspecified atom stereocenters. The summed E-state index contributed by atoms with van der Waals surface area (Å²) in [5.74, 6) is 0.712.